The summed E-state index contributed by atoms with van der Waals surface area (Å²) in [6.07, 6.45) is 3.10. The van der Waals surface area contributed by atoms with Gasteiger partial charge in [0.15, 0.2) is 5.78 Å². The Balaban J connectivity index is 1.53. The van der Waals surface area contributed by atoms with Gasteiger partial charge in [-0.1, -0.05) is 134 Å². The first-order chi connectivity index (χ1) is 22.3. The molecule has 6 rings (SSSR count). The summed E-state index contributed by atoms with van der Waals surface area (Å²) in [4.78, 5) is 21.4. The van der Waals surface area contributed by atoms with Crippen molar-refractivity contribution < 1.29 is 14.4 Å². The van der Waals surface area contributed by atoms with E-state index in [4.69, 9.17) is 9.57 Å². The summed E-state index contributed by atoms with van der Waals surface area (Å²) >= 11 is 0. The topological polar surface area (TPSA) is 38.8 Å². The molecule has 1 saturated heterocycles. The Morgan fingerprint density at radius 3 is 2.00 bits per heavy atom. The molecule has 0 radical (unpaired) electrons. The summed E-state index contributed by atoms with van der Waals surface area (Å²) in [5.74, 6) is 0.143. The van der Waals surface area contributed by atoms with Crippen LogP contribution in [0.1, 0.15) is 64.9 Å². The number of aryl methyl sites for hydroxylation is 2. The Morgan fingerprint density at radius 1 is 0.761 bits per heavy atom. The van der Waals surface area contributed by atoms with Gasteiger partial charge in [-0.25, -0.2) is 5.06 Å². The lowest BCUT2D eigenvalue weighted by Crippen LogP contribution is -2.29. The molecule has 5 aromatic rings. The number of carbonyl (C=O) groups excluding carboxylic acids is 1. The molecule has 0 aliphatic carbocycles. The Morgan fingerprint density at radius 2 is 1.37 bits per heavy atom. The number of hydrogen-bond acceptors (Lipinski definition) is 4. The normalized spacial score (nSPS) is 18.2. The number of carbonyl (C=O) groups is 1. The van der Waals surface area contributed by atoms with E-state index in [0.717, 1.165) is 33.5 Å². The van der Waals surface area contributed by atoms with Gasteiger partial charge in [0.25, 0.3) is 0 Å². The van der Waals surface area contributed by atoms with Gasteiger partial charge in [0, 0.05) is 11.0 Å². The van der Waals surface area contributed by atoms with Gasteiger partial charge >= 0.3 is 0 Å². The van der Waals surface area contributed by atoms with Crippen molar-refractivity contribution in [2.45, 2.75) is 45.3 Å². The summed E-state index contributed by atoms with van der Waals surface area (Å²) < 4.78 is 6.03. The number of rotatable bonds is 9. The number of ketones is 1. The van der Waals surface area contributed by atoms with Crippen LogP contribution in [0.4, 0.5) is 5.69 Å². The average Bonchev–Trinajstić information content (AvgIpc) is 3.49. The fourth-order valence-electron chi connectivity index (χ4n) is 6.35. The maximum absolute atomic E-state index is 14.6. The lowest BCUT2D eigenvalue weighted by atomic mass is 9.76. The average molecular weight is 608 g/mol. The number of benzene rings is 5. The molecule has 4 nitrogen and oxygen atoms in total. The van der Waals surface area contributed by atoms with Gasteiger partial charge in [0.1, 0.15) is 11.9 Å². The highest BCUT2D eigenvalue weighted by Gasteiger charge is 2.49. The molecule has 3 atom stereocenters. The van der Waals surface area contributed by atoms with Crippen LogP contribution in [-0.2, 0) is 15.0 Å². The number of allylic oxidation sites excluding steroid dienone is 1. The monoisotopic (exact) mass is 607 g/mol. The van der Waals surface area contributed by atoms with Crippen LogP contribution in [0.15, 0.2) is 133 Å². The molecule has 5 aromatic carbocycles. The molecule has 0 unspecified atom stereocenters. The molecule has 0 N–H and O–H groups in total. The van der Waals surface area contributed by atoms with Gasteiger partial charge in [-0.15, -0.1) is 0 Å². The molecule has 46 heavy (non-hydrogen) atoms. The number of para-hydroxylation sites is 1. The molecule has 1 fully saturated rings. The number of nitrogens with zero attached hydrogens (tertiary/aromatic N) is 1. The minimum absolute atomic E-state index is 0.00985. The second kappa shape index (κ2) is 13.2. The van der Waals surface area contributed by atoms with Crippen LogP contribution in [0, 0.1) is 19.8 Å². The first-order valence-corrected chi connectivity index (χ1v) is 15.9. The quantitative estimate of drug-likeness (QED) is 0.156. The van der Waals surface area contributed by atoms with E-state index in [1.54, 1.807) is 13.2 Å². The van der Waals surface area contributed by atoms with Crippen molar-refractivity contribution in [3.05, 3.63) is 172 Å². The van der Waals surface area contributed by atoms with E-state index in [0.29, 0.717) is 5.75 Å². The summed E-state index contributed by atoms with van der Waals surface area (Å²) in [5, 5.41) is 1.92. The third-order valence-corrected chi connectivity index (χ3v) is 9.17. The zero-order chi connectivity index (χ0) is 32.3. The van der Waals surface area contributed by atoms with E-state index in [1.807, 2.05) is 65.7 Å². The first-order valence-electron chi connectivity index (χ1n) is 15.9. The predicted molar refractivity (Wildman–Crippen MR) is 187 cm³/mol. The minimum atomic E-state index is -0.561. The third-order valence-electron chi connectivity index (χ3n) is 9.17. The second-order valence-corrected chi connectivity index (χ2v) is 12.7. The van der Waals surface area contributed by atoms with Gasteiger partial charge in [0.2, 0.25) is 0 Å². The Kier molecular flexibility index (Phi) is 8.92. The molecule has 0 saturated carbocycles. The second-order valence-electron chi connectivity index (χ2n) is 12.7. The number of hydroxylamine groups is 1. The van der Waals surface area contributed by atoms with E-state index in [-0.39, 0.29) is 11.2 Å². The lowest BCUT2D eigenvalue weighted by molar-refractivity contribution is -0.120. The van der Waals surface area contributed by atoms with Crippen molar-refractivity contribution in [1.82, 2.24) is 0 Å². The van der Waals surface area contributed by atoms with Gasteiger partial charge < -0.3 is 4.74 Å². The van der Waals surface area contributed by atoms with Crippen LogP contribution < -0.4 is 9.80 Å². The van der Waals surface area contributed by atoms with Crippen LogP contribution in [-0.4, -0.2) is 12.9 Å². The minimum Gasteiger partial charge on any atom is -0.496 e. The highest BCUT2D eigenvalue weighted by molar-refractivity contribution is 5.97. The van der Waals surface area contributed by atoms with Gasteiger partial charge in [-0.3, -0.25) is 9.63 Å². The molecule has 232 valence electrons. The fourth-order valence-corrected chi connectivity index (χ4v) is 6.35. The predicted octanol–water partition coefficient (Wildman–Crippen LogP) is 9.77. The maximum Gasteiger partial charge on any atom is 0.164 e. The Labute approximate surface area is 272 Å². The molecule has 0 amide bonds. The molecule has 1 aliphatic rings. The third kappa shape index (κ3) is 6.27. The highest BCUT2D eigenvalue weighted by atomic mass is 16.7. The number of hydrogen-bond donors (Lipinski definition) is 0. The van der Waals surface area contributed by atoms with E-state index in [9.17, 15) is 4.79 Å². The SMILES string of the molecule is COc1ccc(C(C)(C)c2ccccc2)cc1[C@@H]1[C@@H](C(=O)/C=C/c2ccc(C)cc2)[C@H](c2ccc(C)cc2)ON1c1ccccc1. The van der Waals surface area contributed by atoms with Crippen LogP contribution in [0.3, 0.4) is 0 Å². The van der Waals surface area contributed by atoms with E-state index in [1.165, 1.54) is 11.1 Å². The summed E-state index contributed by atoms with van der Waals surface area (Å²) in [6, 6.07) is 42.9. The molecular formula is C42H41NO3. The lowest BCUT2D eigenvalue weighted by Gasteiger charge is -2.31. The Bertz CT molecular complexity index is 1810. The largest absolute Gasteiger partial charge is 0.496 e. The molecule has 0 spiro atoms. The van der Waals surface area contributed by atoms with Crippen LogP contribution in [0.5, 0.6) is 5.75 Å². The van der Waals surface area contributed by atoms with Crippen molar-refractivity contribution in [2.24, 2.45) is 5.92 Å². The van der Waals surface area contributed by atoms with Crippen molar-refractivity contribution in [1.29, 1.82) is 0 Å². The van der Waals surface area contributed by atoms with Crippen molar-refractivity contribution in [3.8, 4) is 5.75 Å². The van der Waals surface area contributed by atoms with Crippen molar-refractivity contribution in [3.63, 3.8) is 0 Å². The van der Waals surface area contributed by atoms with Crippen LogP contribution in [0.25, 0.3) is 6.08 Å². The molecule has 1 heterocycles. The first kappa shape index (κ1) is 31.1. The molecule has 0 aromatic heterocycles. The fraction of sp³-hybridized carbons (Fsp3) is 0.214. The standard InChI is InChI=1S/C42H41NO3/c1-29-16-20-31(21-17-29)22-26-37(44)39-40(36-28-34(25-27-38(36)45-5)42(3,4)33-12-8-6-9-13-33)43(35-14-10-7-11-15-35)46-41(39)32-23-18-30(2)19-24-32/h6-28,39-41H,1-5H3/b26-22+/t39-,40-,41+/m1/s1. The van der Waals surface area contributed by atoms with Gasteiger partial charge in [-0.2, -0.15) is 0 Å². The summed E-state index contributed by atoms with van der Waals surface area (Å²) in [5.41, 5.74) is 8.08. The summed E-state index contributed by atoms with van der Waals surface area (Å²) in [6.45, 7) is 8.59. The van der Waals surface area contributed by atoms with E-state index < -0.39 is 18.1 Å². The number of ether oxygens (including phenoxy) is 1. The molecular weight excluding hydrogens is 566 g/mol. The highest BCUT2D eigenvalue weighted by Crippen LogP contribution is 2.52. The molecule has 1 aliphatic heterocycles. The maximum atomic E-state index is 14.6. The summed E-state index contributed by atoms with van der Waals surface area (Å²) in [7, 11) is 1.69. The molecule has 0 bridgehead atoms. The van der Waals surface area contributed by atoms with Crippen molar-refractivity contribution in [2.75, 3.05) is 12.2 Å². The van der Waals surface area contributed by atoms with E-state index in [2.05, 4.69) is 100 Å². The zero-order valence-electron chi connectivity index (χ0n) is 27.2. The van der Waals surface area contributed by atoms with Gasteiger partial charge in [-0.05, 0) is 66.4 Å². The van der Waals surface area contributed by atoms with Crippen LogP contribution in [0.2, 0.25) is 0 Å². The van der Waals surface area contributed by atoms with Gasteiger partial charge in [0.05, 0.1) is 24.8 Å². The zero-order valence-corrected chi connectivity index (χ0v) is 27.2. The number of methoxy groups -OCH3 is 1. The van der Waals surface area contributed by atoms with Crippen molar-refractivity contribution >= 4 is 17.5 Å². The Hall–Kier alpha value is -4.93. The molecule has 4 heteroatoms. The van der Waals surface area contributed by atoms with E-state index >= 15 is 0 Å². The number of anilines is 1. The smallest absolute Gasteiger partial charge is 0.164 e. The van der Waals surface area contributed by atoms with Crippen LogP contribution >= 0.6 is 0 Å².